The first-order chi connectivity index (χ1) is 9.19. The molecule has 2 unspecified atom stereocenters. The van der Waals surface area contributed by atoms with E-state index in [0.717, 1.165) is 24.5 Å². The topological polar surface area (TPSA) is 47.7 Å². The zero-order valence-electron chi connectivity index (χ0n) is 12.0. The van der Waals surface area contributed by atoms with Crippen molar-refractivity contribution in [2.24, 2.45) is 5.73 Å². The van der Waals surface area contributed by atoms with E-state index in [1.807, 2.05) is 18.2 Å². The minimum Gasteiger partial charge on any atom is -0.496 e. The number of nitrogens with two attached hydrogens (primary N) is 1. The number of morpholine rings is 1. The van der Waals surface area contributed by atoms with Crippen LogP contribution < -0.4 is 10.5 Å². The van der Waals surface area contributed by atoms with Crippen molar-refractivity contribution < 1.29 is 9.47 Å². The highest BCUT2D eigenvalue weighted by molar-refractivity contribution is 5.37. The highest BCUT2D eigenvalue weighted by Gasteiger charge is 2.35. The molecule has 0 amide bonds. The summed E-state index contributed by atoms with van der Waals surface area (Å²) in [5.41, 5.74) is 7.05. The summed E-state index contributed by atoms with van der Waals surface area (Å²) in [7, 11) is 1.71. The van der Waals surface area contributed by atoms with Gasteiger partial charge in [-0.2, -0.15) is 0 Å². The van der Waals surface area contributed by atoms with Gasteiger partial charge in [-0.25, -0.2) is 0 Å². The number of ether oxygens (including phenoxy) is 2. The summed E-state index contributed by atoms with van der Waals surface area (Å²) in [6.45, 7) is 6.61. The molecule has 0 spiro atoms. The second-order valence-electron chi connectivity index (χ2n) is 5.16. The van der Waals surface area contributed by atoms with Gasteiger partial charge in [0.15, 0.2) is 0 Å². The van der Waals surface area contributed by atoms with Gasteiger partial charge in [0, 0.05) is 24.7 Å². The van der Waals surface area contributed by atoms with Crippen LogP contribution in [0.25, 0.3) is 0 Å². The molecule has 106 valence electrons. The van der Waals surface area contributed by atoms with Crippen LogP contribution in [0, 0.1) is 0 Å². The first kappa shape index (κ1) is 14.3. The number of hydrogen-bond acceptors (Lipinski definition) is 4. The number of rotatable bonds is 4. The highest BCUT2D eigenvalue weighted by Crippen LogP contribution is 2.35. The molecule has 4 nitrogen and oxygen atoms in total. The van der Waals surface area contributed by atoms with Crippen molar-refractivity contribution in [2.75, 3.05) is 26.8 Å². The largest absolute Gasteiger partial charge is 0.496 e. The van der Waals surface area contributed by atoms with E-state index in [1.54, 1.807) is 7.11 Å². The molecule has 1 aliphatic rings. The molecule has 2 rings (SSSR count). The van der Waals surface area contributed by atoms with E-state index in [4.69, 9.17) is 15.2 Å². The molecule has 1 aromatic rings. The van der Waals surface area contributed by atoms with Crippen LogP contribution in [0.1, 0.15) is 25.5 Å². The van der Waals surface area contributed by atoms with Crippen LogP contribution in [0.3, 0.4) is 0 Å². The van der Waals surface area contributed by atoms with Crippen molar-refractivity contribution in [3.05, 3.63) is 29.8 Å². The molecule has 19 heavy (non-hydrogen) atoms. The molecule has 1 heterocycles. The molecule has 0 bridgehead atoms. The van der Waals surface area contributed by atoms with E-state index in [1.165, 1.54) is 0 Å². The maximum Gasteiger partial charge on any atom is 0.123 e. The fourth-order valence-corrected chi connectivity index (χ4v) is 2.82. The number of benzene rings is 1. The second kappa shape index (κ2) is 6.37. The van der Waals surface area contributed by atoms with E-state index < -0.39 is 0 Å². The summed E-state index contributed by atoms with van der Waals surface area (Å²) in [6.07, 6.45) is 0.0208. The minimum atomic E-state index is 0.0208. The fraction of sp³-hybridized carbons (Fsp3) is 0.600. The Morgan fingerprint density at radius 2 is 2.16 bits per heavy atom. The molecule has 0 aliphatic carbocycles. The van der Waals surface area contributed by atoms with Gasteiger partial charge in [0.05, 0.1) is 25.9 Å². The van der Waals surface area contributed by atoms with Gasteiger partial charge in [0.2, 0.25) is 0 Å². The van der Waals surface area contributed by atoms with Gasteiger partial charge in [0.25, 0.3) is 0 Å². The van der Waals surface area contributed by atoms with Crippen molar-refractivity contribution >= 4 is 0 Å². The third-order valence-corrected chi connectivity index (χ3v) is 3.74. The molecule has 1 saturated heterocycles. The fourth-order valence-electron chi connectivity index (χ4n) is 2.82. The average Bonchev–Trinajstić information content (AvgIpc) is 2.46. The summed E-state index contributed by atoms with van der Waals surface area (Å²) >= 11 is 0. The highest BCUT2D eigenvalue weighted by atomic mass is 16.5. The summed E-state index contributed by atoms with van der Waals surface area (Å²) in [4.78, 5) is 2.44. The lowest BCUT2D eigenvalue weighted by molar-refractivity contribution is -0.0794. The Kier molecular flexibility index (Phi) is 4.80. The van der Waals surface area contributed by atoms with Crippen LogP contribution in [0.15, 0.2) is 24.3 Å². The molecule has 1 aliphatic heterocycles. The zero-order chi connectivity index (χ0) is 13.8. The van der Waals surface area contributed by atoms with Crippen LogP contribution in [0.4, 0.5) is 0 Å². The van der Waals surface area contributed by atoms with Gasteiger partial charge < -0.3 is 15.2 Å². The lowest BCUT2D eigenvalue weighted by atomic mass is 9.95. The molecule has 2 N–H and O–H groups in total. The Bertz CT molecular complexity index is 409. The Morgan fingerprint density at radius 1 is 1.42 bits per heavy atom. The SMILES string of the molecule is COc1ccccc1C1C(CN)OCCN1C(C)C. The number of para-hydroxylation sites is 1. The van der Waals surface area contributed by atoms with Crippen molar-refractivity contribution in [2.45, 2.75) is 32.0 Å². The Balaban J connectivity index is 2.39. The van der Waals surface area contributed by atoms with Crippen LogP contribution in [0.5, 0.6) is 5.75 Å². The lowest BCUT2D eigenvalue weighted by Gasteiger charge is -2.43. The minimum absolute atomic E-state index is 0.0208. The van der Waals surface area contributed by atoms with Gasteiger partial charge in [-0.15, -0.1) is 0 Å². The zero-order valence-corrected chi connectivity index (χ0v) is 12.0. The average molecular weight is 264 g/mol. The van der Waals surface area contributed by atoms with E-state index in [-0.39, 0.29) is 12.1 Å². The molecule has 2 atom stereocenters. The van der Waals surface area contributed by atoms with Gasteiger partial charge in [-0.1, -0.05) is 18.2 Å². The van der Waals surface area contributed by atoms with Crippen molar-refractivity contribution in [3.8, 4) is 5.75 Å². The summed E-state index contributed by atoms with van der Waals surface area (Å²) in [5, 5.41) is 0. The monoisotopic (exact) mass is 264 g/mol. The van der Waals surface area contributed by atoms with Crippen LogP contribution >= 0.6 is 0 Å². The molecule has 4 heteroatoms. The molecule has 0 saturated carbocycles. The van der Waals surface area contributed by atoms with Crippen molar-refractivity contribution in [1.82, 2.24) is 4.90 Å². The van der Waals surface area contributed by atoms with Gasteiger partial charge in [-0.3, -0.25) is 4.90 Å². The summed E-state index contributed by atoms with van der Waals surface area (Å²) in [6, 6.07) is 8.75. The van der Waals surface area contributed by atoms with Crippen LogP contribution in [-0.2, 0) is 4.74 Å². The van der Waals surface area contributed by atoms with E-state index in [0.29, 0.717) is 12.6 Å². The van der Waals surface area contributed by atoms with Crippen LogP contribution in [0.2, 0.25) is 0 Å². The molecule has 0 radical (unpaired) electrons. The lowest BCUT2D eigenvalue weighted by Crippen LogP contribution is -2.50. The second-order valence-corrected chi connectivity index (χ2v) is 5.16. The summed E-state index contributed by atoms with van der Waals surface area (Å²) in [5.74, 6) is 0.905. The first-order valence-corrected chi connectivity index (χ1v) is 6.89. The van der Waals surface area contributed by atoms with Gasteiger partial charge >= 0.3 is 0 Å². The quantitative estimate of drug-likeness (QED) is 0.901. The molecular weight excluding hydrogens is 240 g/mol. The Labute approximate surface area is 115 Å². The standard InChI is InChI=1S/C15H24N2O2/c1-11(2)17-8-9-19-14(10-16)15(17)12-6-4-5-7-13(12)18-3/h4-7,11,14-15H,8-10,16H2,1-3H3. The van der Waals surface area contributed by atoms with E-state index >= 15 is 0 Å². The normalized spacial score (nSPS) is 24.7. The number of methoxy groups -OCH3 is 1. The molecule has 1 fully saturated rings. The van der Waals surface area contributed by atoms with Crippen LogP contribution in [-0.4, -0.2) is 43.9 Å². The number of nitrogens with zero attached hydrogens (tertiary/aromatic N) is 1. The Morgan fingerprint density at radius 3 is 2.79 bits per heavy atom. The Hall–Kier alpha value is -1.10. The van der Waals surface area contributed by atoms with E-state index in [9.17, 15) is 0 Å². The number of hydrogen-bond donors (Lipinski definition) is 1. The third kappa shape index (κ3) is 2.91. The van der Waals surface area contributed by atoms with Gasteiger partial charge in [-0.05, 0) is 19.9 Å². The third-order valence-electron chi connectivity index (χ3n) is 3.74. The predicted molar refractivity (Wildman–Crippen MR) is 76.4 cm³/mol. The van der Waals surface area contributed by atoms with Crippen molar-refractivity contribution in [3.63, 3.8) is 0 Å². The maximum absolute atomic E-state index is 5.89. The van der Waals surface area contributed by atoms with Gasteiger partial charge in [0.1, 0.15) is 5.75 Å². The molecule has 1 aromatic carbocycles. The predicted octanol–water partition coefficient (Wildman–Crippen LogP) is 1.80. The van der Waals surface area contributed by atoms with Crippen molar-refractivity contribution in [1.29, 1.82) is 0 Å². The molecule has 0 aromatic heterocycles. The maximum atomic E-state index is 5.89. The first-order valence-electron chi connectivity index (χ1n) is 6.89. The molecular formula is C15H24N2O2. The van der Waals surface area contributed by atoms with E-state index in [2.05, 4.69) is 24.8 Å². The summed E-state index contributed by atoms with van der Waals surface area (Å²) < 4.78 is 11.3. The smallest absolute Gasteiger partial charge is 0.123 e.